The number of hydrogen-bond acceptors (Lipinski definition) is 2. The van der Waals surface area contributed by atoms with Gasteiger partial charge in [0.25, 0.3) is 0 Å². The number of rotatable bonds is 8. The molecule has 2 nitrogen and oxygen atoms in total. The first kappa shape index (κ1) is 14.9. The van der Waals surface area contributed by atoms with Crippen LogP contribution in [0.15, 0.2) is 36.4 Å². The van der Waals surface area contributed by atoms with Gasteiger partial charge in [0.1, 0.15) is 0 Å². The van der Waals surface area contributed by atoms with E-state index in [4.69, 9.17) is 4.74 Å². The van der Waals surface area contributed by atoms with Crippen LogP contribution in [-0.4, -0.2) is 12.6 Å². The highest BCUT2D eigenvalue weighted by Crippen LogP contribution is 2.07. The van der Waals surface area contributed by atoms with Crippen LogP contribution in [-0.2, 0) is 17.9 Å². The van der Waals surface area contributed by atoms with Crippen molar-refractivity contribution >= 4 is 0 Å². The zero-order valence-corrected chi connectivity index (χ0v) is 11.8. The maximum Gasteiger partial charge on any atom is 0.0717 e. The van der Waals surface area contributed by atoms with Crippen molar-refractivity contribution in [1.29, 1.82) is 0 Å². The summed E-state index contributed by atoms with van der Waals surface area (Å²) in [7, 11) is 0. The summed E-state index contributed by atoms with van der Waals surface area (Å²) in [6.07, 6.45) is 0.939. The molecule has 0 aliphatic rings. The summed E-state index contributed by atoms with van der Waals surface area (Å²) in [6, 6.07) is 9.07. The maximum absolute atomic E-state index is 5.63. The second-order valence-corrected chi connectivity index (χ2v) is 5.12. The molecule has 0 saturated heterocycles. The lowest BCUT2D eigenvalue weighted by Gasteiger charge is -2.10. The molecule has 0 heterocycles. The lowest BCUT2D eigenvalue weighted by atomic mass is 10.1. The van der Waals surface area contributed by atoms with Crippen LogP contribution in [0.4, 0.5) is 0 Å². The highest BCUT2D eigenvalue weighted by atomic mass is 16.5. The quantitative estimate of drug-likeness (QED) is 0.559. The van der Waals surface area contributed by atoms with Crippen molar-refractivity contribution in [2.45, 2.75) is 46.4 Å². The van der Waals surface area contributed by atoms with Crippen LogP contribution >= 0.6 is 0 Å². The van der Waals surface area contributed by atoms with E-state index in [2.05, 4.69) is 50.0 Å². The van der Waals surface area contributed by atoms with E-state index in [0.29, 0.717) is 12.6 Å². The van der Waals surface area contributed by atoms with Gasteiger partial charge >= 0.3 is 0 Å². The van der Waals surface area contributed by atoms with Crippen LogP contribution in [0.2, 0.25) is 0 Å². The van der Waals surface area contributed by atoms with E-state index in [1.807, 2.05) is 6.92 Å². The van der Waals surface area contributed by atoms with E-state index in [9.17, 15) is 0 Å². The lowest BCUT2D eigenvalue weighted by Crippen LogP contribution is -2.21. The molecule has 0 unspecified atom stereocenters. The Morgan fingerprint density at radius 2 is 2.06 bits per heavy atom. The highest BCUT2D eigenvalue weighted by Gasteiger charge is 1.98. The van der Waals surface area contributed by atoms with Crippen LogP contribution in [0.1, 0.15) is 38.3 Å². The predicted molar refractivity (Wildman–Crippen MR) is 77.5 cm³/mol. The van der Waals surface area contributed by atoms with Gasteiger partial charge in [0.15, 0.2) is 0 Å². The average molecular weight is 247 g/mol. The molecular formula is C16H25NO. The fourth-order valence-corrected chi connectivity index (χ4v) is 1.59. The van der Waals surface area contributed by atoms with Crippen LogP contribution in [0.5, 0.6) is 0 Å². The monoisotopic (exact) mass is 247 g/mol. The molecule has 0 amide bonds. The third kappa shape index (κ3) is 6.58. The Bertz CT molecular complexity index is 371. The SMILES string of the molecule is C=C(C)CCOCc1cccc(CNC(C)C)c1. The molecule has 0 atom stereocenters. The summed E-state index contributed by atoms with van der Waals surface area (Å²) < 4.78 is 5.63. The van der Waals surface area contributed by atoms with Crippen LogP contribution in [0, 0.1) is 0 Å². The lowest BCUT2D eigenvalue weighted by molar-refractivity contribution is 0.124. The molecule has 0 aliphatic heterocycles. The van der Waals surface area contributed by atoms with Crippen LogP contribution < -0.4 is 5.32 Å². The van der Waals surface area contributed by atoms with Crippen molar-refractivity contribution < 1.29 is 4.74 Å². The molecule has 2 heteroatoms. The van der Waals surface area contributed by atoms with Crippen molar-refractivity contribution in [3.05, 3.63) is 47.5 Å². The Hall–Kier alpha value is -1.12. The third-order valence-electron chi connectivity index (χ3n) is 2.65. The molecule has 18 heavy (non-hydrogen) atoms. The fraction of sp³-hybridized carbons (Fsp3) is 0.500. The van der Waals surface area contributed by atoms with Gasteiger partial charge in [-0.15, -0.1) is 6.58 Å². The molecule has 0 fully saturated rings. The van der Waals surface area contributed by atoms with Gasteiger partial charge in [-0.1, -0.05) is 43.7 Å². The summed E-state index contributed by atoms with van der Waals surface area (Å²) in [5.41, 5.74) is 3.72. The number of nitrogens with one attached hydrogen (secondary N) is 1. The Morgan fingerprint density at radius 3 is 2.72 bits per heavy atom. The van der Waals surface area contributed by atoms with E-state index in [-0.39, 0.29) is 0 Å². The summed E-state index contributed by atoms with van der Waals surface area (Å²) >= 11 is 0. The molecule has 100 valence electrons. The number of hydrogen-bond donors (Lipinski definition) is 1. The smallest absolute Gasteiger partial charge is 0.0717 e. The van der Waals surface area contributed by atoms with Crippen molar-refractivity contribution in [3.8, 4) is 0 Å². The van der Waals surface area contributed by atoms with Gasteiger partial charge in [0.05, 0.1) is 13.2 Å². The number of benzene rings is 1. The van der Waals surface area contributed by atoms with Crippen LogP contribution in [0.3, 0.4) is 0 Å². The molecule has 0 aromatic heterocycles. The summed E-state index contributed by atoms with van der Waals surface area (Å²) in [6.45, 7) is 12.6. The van der Waals surface area contributed by atoms with Gasteiger partial charge in [0.2, 0.25) is 0 Å². The molecule has 0 spiro atoms. The van der Waals surface area contributed by atoms with Crippen molar-refractivity contribution in [3.63, 3.8) is 0 Å². The van der Waals surface area contributed by atoms with Gasteiger partial charge in [-0.2, -0.15) is 0 Å². The first-order valence-electron chi connectivity index (χ1n) is 6.61. The summed E-state index contributed by atoms with van der Waals surface area (Å²) in [5, 5.41) is 3.42. The third-order valence-corrected chi connectivity index (χ3v) is 2.65. The van der Waals surface area contributed by atoms with E-state index in [1.165, 1.54) is 16.7 Å². The first-order valence-corrected chi connectivity index (χ1v) is 6.61. The Morgan fingerprint density at radius 1 is 1.33 bits per heavy atom. The minimum atomic E-state index is 0.514. The van der Waals surface area contributed by atoms with Crippen molar-refractivity contribution in [2.75, 3.05) is 6.61 Å². The van der Waals surface area contributed by atoms with Gasteiger partial charge in [-0.25, -0.2) is 0 Å². The fourth-order valence-electron chi connectivity index (χ4n) is 1.59. The van der Waals surface area contributed by atoms with Crippen molar-refractivity contribution in [2.24, 2.45) is 0 Å². The predicted octanol–water partition coefficient (Wildman–Crippen LogP) is 3.67. The molecular weight excluding hydrogens is 222 g/mol. The minimum Gasteiger partial charge on any atom is -0.376 e. The molecule has 0 radical (unpaired) electrons. The Balaban J connectivity index is 2.37. The molecule has 1 N–H and O–H groups in total. The normalized spacial score (nSPS) is 10.9. The van der Waals surface area contributed by atoms with E-state index in [0.717, 1.165) is 19.6 Å². The van der Waals surface area contributed by atoms with Crippen LogP contribution in [0.25, 0.3) is 0 Å². The standard InChI is InChI=1S/C16H25NO/c1-13(2)8-9-18-12-16-7-5-6-15(10-16)11-17-14(3)4/h5-7,10,14,17H,1,8-9,11-12H2,2-4H3. The largest absolute Gasteiger partial charge is 0.376 e. The summed E-state index contributed by atoms with van der Waals surface area (Å²) in [5.74, 6) is 0. The zero-order chi connectivity index (χ0) is 13.4. The zero-order valence-electron chi connectivity index (χ0n) is 11.8. The van der Waals surface area contributed by atoms with E-state index >= 15 is 0 Å². The van der Waals surface area contributed by atoms with E-state index < -0.39 is 0 Å². The second kappa shape index (κ2) is 8.06. The molecule has 0 saturated carbocycles. The molecule has 1 aromatic rings. The summed E-state index contributed by atoms with van der Waals surface area (Å²) in [4.78, 5) is 0. The highest BCUT2D eigenvalue weighted by molar-refractivity contribution is 5.22. The maximum atomic E-state index is 5.63. The molecule has 0 aliphatic carbocycles. The van der Waals surface area contributed by atoms with Gasteiger partial charge < -0.3 is 10.1 Å². The van der Waals surface area contributed by atoms with Gasteiger partial charge in [-0.05, 0) is 24.5 Å². The minimum absolute atomic E-state index is 0.514. The van der Waals surface area contributed by atoms with Gasteiger partial charge in [0, 0.05) is 12.6 Å². The molecule has 0 bridgehead atoms. The Labute approximate surface area is 111 Å². The second-order valence-electron chi connectivity index (χ2n) is 5.12. The Kier molecular flexibility index (Phi) is 6.69. The van der Waals surface area contributed by atoms with Gasteiger partial charge in [-0.3, -0.25) is 0 Å². The topological polar surface area (TPSA) is 21.3 Å². The first-order chi connectivity index (χ1) is 8.58. The van der Waals surface area contributed by atoms with Crippen molar-refractivity contribution in [1.82, 2.24) is 5.32 Å². The molecule has 1 aromatic carbocycles. The molecule has 1 rings (SSSR count). The average Bonchev–Trinajstić information content (AvgIpc) is 2.32. The number of ether oxygens (including phenoxy) is 1. The van der Waals surface area contributed by atoms with E-state index in [1.54, 1.807) is 0 Å².